The van der Waals surface area contributed by atoms with Gasteiger partial charge in [0, 0.05) is 19.5 Å². The van der Waals surface area contributed by atoms with Crippen LogP contribution in [0.4, 0.5) is 8.78 Å². The van der Waals surface area contributed by atoms with Gasteiger partial charge in [0.1, 0.15) is 6.04 Å². The van der Waals surface area contributed by atoms with Crippen molar-refractivity contribution in [2.24, 2.45) is 0 Å². The van der Waals surface area contributed by atoms with E-state index in [0.717, 1.165) is 0 Å². The van der Waals surface area contributed by atoms with Gasteiger partial charge in [-0.25, -0.2) is 0 Å². The van der Waals surface area contributed by atoms with Gasteiger partial charge in [-0.05, 0) is 6.42 Å². The SMILES string of the molecule is O=C1CC[C@H](C(=O)N2CC(OC(F)F)C2)N1. The maximum Gasteiger partial charge on any atom is 0.345 e. The summed E-state index contributed by atoms with van der Waals surface area (Å²) in [6.07, 6.45) is 0.247. The lowest BCUT2D eigenvalue weighted by molar-refractivity contribution is -0.199. The van der Waals surface area contributed by atoms with Gasteiger partial charge in [-0.2, -0.15) is 8.78 Å². The Bertz CT molecular complexity index is 305. The minimum Gasteiger partial charge on any atom is -0.344 e. The molecule has 2 aliphatic heterocycles. The molecule has 0 spiro atoms. The number of likely N-dealkylation sites (tertiary alicyclic amines) is 1. The predicted octanol–water partition coefficient (Wildman–Crippen LogP) is -0.285. The smallest absolute Gasteiger partial charge is 0.344 e. The van der Waals surface area contributed by atoms with Gasteiger partial charge in [0.05, 0.1) is 6.10 Å². The summed E-state index contributed by atoms with van der Waals surface area (Å²) in [7, 11) is 0. The van der Waals surface area contributed by atoms with Crippen LogP contribution < -0.4 is 5.32 Å². The zero-order chi connectivity index (χ0) is 11.7. The highest BCUT2D eigenvalue weighted by atomic mass is 19.3. The van der Waals surface area contributed by atoms with Crippen LogP contribution in [-0.4, -0.2) is 48.6 Å². The van der Waals surface area contributed by atoms with Crippen molar-refractivity contribution in [3.8, 4) is 0 Å². The molecule has 2 fully saturated rings. The van der Waals surface area contributed by atoms with Crippen molar-refractivity contribution < 1.29 is 23.1 Å². The van der Waals surface area contributed by atoms with Crippen molar-refractivity contribution in [3.05, 3.63) is 0 Å². The van der Waals surface area contributed by atoms with E-state index in [0.29, 0.717) is 12.8 Å². The van der Waals surface area contributed by atoms with Crippen molar-refractivity contribution in [1.82, 2.24) is 10.2 Å². The standard InChI is InChI=1S/C9H12F2N2O3/c10-9(11)16-5-3-13(4-5)8(15)6-1-2-7(14)12-6/h5-6,9H,1-4H2,(H,12,14)/t6-/m1/s1. The molecule has 5 nitrogen and oxygen atoms in total. The maximum atomic E-state index is 11.8. The highest BCUT2D eigenvalue weighted by Crippen LogP contribution is 2.18. The molecule has 0 radical (unpaired) electrons. The van der Waals surface area contributed by atoms with E-state index in [-0.39, 0.29) is 24.9 Å². The third-order valence-electron chi connectivity index (χ3n) is 2.75. The first kappa shape index (κ1) is 11.3. The van der Waals surface area contributed by atoms with Crippen LogP contribution in [0.5, 0.6) is 0 Å². The van der Waals surface area contributed by atoms with Gasteiger partial charge < -0.3 is 15.0 Å². The van der Waals surface area contributed by atoms with Crippen LogP contribution in [0.15, 0.2) is 0 Å². The summed E-state index contributed by atoms with van der Waals surface area (Å²) in [6, 6.07) is -0.486. The number of nitrogens with one attached hydrogen (secondary N) is 1. The Hall–Kier alpha value is -1.24. The number of carbonyl (C=O) groups is 2. The minimum atomic E-state index is -2.80. The molecule has 2 heterocycles. The molecule has 2 amide bonds. The van der Waals surface area contributed by atoms with Gasteiger partial charge in [-0.3, -0.25) is 9.59 Å². The van der Waals surface area contributed by atoms with Crippen LogP contribution in [0, 0.1) is 0 Å². The van der Waals surface area contributed by atoms with E-state index in [1.165, 1.54) is 4.90 Å². The Labute approximate surface area is 90.7 Å². The molecule has 16 heavy (non-hydrogen) atoms. The second kappa shape index (κ2) is 4.32. The summed E-state index contributed by atoms with van der Waals surface area (Å²) in [4.78, 5) is 24.0. The predicted molar refractivity (Wildman–Crippen MR) is 48.6 cm³/mol. The fourth-order valence-electron chi connectivity index (χ4n) is 1.87. The third kappa shape index (κ3) is 2.29. The molecule has 0 aromatic heterocycles. The van der Waals surface area contributed by atoms with Crippen molar-refractivity contribution >= 4 is 11.8 Å². The van der Waals surface area contributed by atoms with Crippen molar-refractivity contribution in [2.45, 2.75) is 31.6 Å². The topological polar surface area (TPSA) is 58.6 Å². The molecular weight excluding hydrogens is 222 g/mol. The molecule has 0 aliphatic carbocycles. The van der Waals surface area contributed by atoms with E-state index in [4.69, 9.17) is 0 Å². The Morgan fingerprint density at radius 3 is 2.69 bits per heavy atom. The Morgan fingerprint density at radius 2 is 2.19 bits per heavy atom. The second-order valence-corrected chi connectivity index (χ2v) is 3.92. The molecule has 1 N–H and O–H groups in total. The van der Waals surface area contributed by atoms with Gasteiger partial charge >= 0.3 is 6.61 Å². The maximum absolute atomic E-state index is 11.8. The van der Waals surface area contributed by atoms with Gasteiger partial charge in [0.25, 0.3) is 0 Å². The van der Waals surface area contributed by atoms with Crippen LogP contribution in [-0.2, 0) is 14.3 Å². The van der Waals surface area contributed by atoms with E-state index in [9.17, 15) is 18.4 Å². The largest absolute Gasteiger partial charge is 0.345 e. The molecule has 1 atom stereocenters. The van der Waals surface area contributed by atoms with Crippen LogP contribution in [0.1, 0.15) is 12.8 Å². The zero-order valence-electron chi connectivity index (χ0n) is 8.49. The van der Waals surface area contributed by atoms with Crippen molar-refractivity contribution in [3.63, 3.8) is 0 Å². The van der Waals surface area contributed by atoms with E-state index >= 15 is 0 Å². The fourth-order valence-corrected chi connectivity index (χ4v) is 1.87. The highest BCUT2D eigenvalue weighted by Gasteiger charge is 2.38. The van der Waals surface area contributed by atoms with Gasteiger partial charge in [-0.15, -0.1) is 0 Å². The molecule has 2 rings (SSSR count). The Morgan fingerprint density at radius 1 is 1.50 bits per heavy atom. The van der Waals surface area contributed by atoms with Crippen molar-refractivity contribution in [2.75, 3.05) is 13.1 Å². The summed E-state index contributed by atoms with van der Waals surface area (Å²) in [6.45, 7) is -2.45. The Balaban J connectivity index is 1.75. The fraction of sp³-hybridized carbons (Fsp3) is 0.778. The molecule has 0 bridgehead atoms. The zero-order valence-corrected chi connectivity index (χ0v) is 8.49. The number of hydrogen-bond acceptors (Lipinski definition) is 3. The molecule has 90 valence electrons. The van der Waals surface area contributed by atoms with Gasteiger partial charge in [0.15, 0.2) is 0 Å². The lowest BCUT2D eigenvalue weighted by atomic mass is 10.1. The van der Waals surface area contributed by atoms with Crippen LogP contribution in [0.2, 0.25) is 0 Å². The van der Waals surface area contributed by atoms with Crippen LogP contribution >= 0.6 is 0 Å². The van der Waals surface area contributed by atoms with Crippen LogP contribution in [0.3, 0.4) is 0 Å². The molecule has 0 aromatic rings. The number of ether oxygens (including phenoxy) is 1. The molecule has 0 unspecified atom stereocenters. The second-order valence-electron chi connectivity index (χ2n) is 3.92. The minimum absolute atomic E-state index is 0.140. The number of amides is 2. The van der Waals surface area contributed by atoms with E-state index < -0.39 is 18.8 Å². The lowest BCUT2D eigenvalue weighted by Gasteiger charge is -2.39. The van der Waals surface area contributed by atoms with E-state index in [2.05, 4.69) is 10.1 Å². The summed E-state index contributed by atoms with van der Waals surface area (Å²) in [5, 5.41) is 2.54. The first-order valence-corrected chi connectivity index (χ1v) is 5.08. The average molecular weight is 234 g/mol. The molecule has 2 aliphatic rings. The van der Waals surface area contributed by atoms with E-state index in [1.807, 2.05) is 0 Å². The number of alkyl halides is 2. The number of halogens is 2. The summed E-state index contributed by atoms with van der Waals surface area (Å²) in [5.74, 6) is -0.348. The van der Waals surface area contributed by atoms with Crippen molar-refractivity contribution in [1.29, 1.82) is 0 Å². The lowest BCUT2D eigenvalue weighted by Crippen LogP contribution is -2.59. The average Bonchev–Trinajstić information content (AvgIpc) is 2.56. The quantitative estimate of drug-likeness (QED) is 0.730. The Kier molecular flexibility index (Phi) is 3.04. The third-order valence-corrected chi connectivity index (χ3v) is 2.75. The molecule has 7 heteroatoms. The summed E-state index contributed by atoms with van der Waals surface area (Å²) >= 11 is 0. The van der Waals surface area contributed by atoms with Gasteiger partial charge in [0.2, 0.25) is 11.8 Å². The molecule has 2 saturated heterocycles. The number of hydrogen-bond donors (Lipinski definition) is 1. The first-order chi connectivity index (χ1) is 7.56. The number of nitrogens with zero attached hydrogens (tertiary/aromatic N) is 1. The first-order valence-electron chi connectivity index (χ1n) is 5.08. The van der Waals surface area contributed by atoms with E-state index in [1.54, 1.807) is 0 Å². The number of carbonyl (C=O) groups excluding carboxylic acids is 2. The monoisotopic (exact) mass is 234 g/mol. The molecule has 0 saturated carbocycles. The highest BCUT2D eigenvalue weighted by molar-refractivity contribution is 5.91. The molecule has 0 aromatic carbocycles. The van der Waals surface area contributed by atoms with Crippen LogP contribution in [0.25, 0.3) is 0 Å². The molecular formula is C9H12F2N2O3. The summed E-state index contributed by atoms with van der Waals surface area (Å²) in [5.41, 5.74) is 0. The number of rotatable bonds is 3. The summed E-state index contributed by atoms with van der Waals surface area (Å²) < 4.78 is 27.8. The van der Waals surface area contributed by atoms with Gasteiger partial charge in [-0.1, -0.05) is 0 Å². The normalized spacial score (nSPS) is 25.8.